The van der Waals surface area contributed by atoms with Crippen molar-refractivity contribution in [2.75, 3.05) is 26.7 Å². The highest BCUT2D eigenvalue weighted by Gasteiger charge is 2.34. The van der Waals surface area contributed by atoms with Crippen molar-refractivity contribution in [3.8, 4) is 0 Å². The number of amides is 2. The van der Waals surface area contributed by atoms with E-state index in [0.717, 1.165) is 12.8 Å². The molecule has 24 heavy (non-hydrogen) atoms. The molecule has 0 unspecified atom stereocenters. The Morgan fingerprint density at radius 3 is 2.88 bits per heavy atom. The lowest BCUT2D eigenvalue weighted by molar-refractivity contribution is -0.144. The molecule has 0 bridgehead atoms. The van der Waals surface area contributed by atoms with Gasteiger partial charge in [0.1, 0.15) is 12.1 Å². The monoisotopic (exact) mass is 330 g/mol. The maximum Gasteiger partial charge on any atom is 0.245 e. The van der Waals surface area contributed by atoms with Crippen LogP contribution in [-0.4, -0.2) is 54.4 Å². The van der Waals surface area contributed by atoms with Gasteiger partial charge in [0.25, 0.3) is 0 Å². The third kappa shape index (κ3) is 3.31. The van der Waals surface area contributed by atoms with Gasteiger partial charge in [-0.25, -0.2) is 0 Å². The van der Waals surface area contributed by atoms with E-state index in [2.05, 4.69) is 12.1 Å². The summed E-state index contributed by atoms with van der Waals surface area (Å²) in [6.07, 6.45) is 2.90. The van der Waals surface area contributed by atoms with Crippen LogP contribution in [0.15, 0.2) is 24.3 Å². The fourth-order valence-electron chi connectivity index (χ4n) is 3.75. The van der Waals surface area contributed by atoms with Crippen LogP contribution in [0.1, 0.15) is 43.4 Å². The van der Waals surface area contributed by atoms with Crippen LogP contribution in [0.4, 0.5) is 0 Å². The Kier molecular flexibility index (Phi) is 5.19. The zero-order chi connectivity index (χ0) is 17.1. The maximum atomic E-state index is 12.9. The van der Waals surface area contributed by atoms with Crippen molar-refractivity contribution in [1.29, 1.82) is 0 Å². The molecule has 1 aromatic rings. The summed E-state index contributed by atoms with van der Waals surface area (Å²) < 4.78 is 5.91. The summed E-state index contributed by atoms with van der Waals surface area (Å²) in [6, 6.07) is 7.93. The van der Waals surface area contributed by atoms with Crippen LogP contribution in [0.2, 0.25) is 0 Å². The predicted molar refractivity (Wildman–Crippen MR) is 91.5 cm³/mol. The minimum Gasteiger partial charge on any atom is -0.371 e. The van der Waals surface area contributed by atoms with E-state index in [1.54, 1.807) is 9.80 Å². The van der Waals surface area contributed by atoms with Gasteiger partial charge < -0.3 is 14.5 Å². The molecule has 0 radical (unpaired) electrons. The summed E-state index contributed by atoms with van der Waals surface area (Å²) >= 11 is 0. The molecule has 130 valence electrons. The van der Waals surface area contributed by atoms with Crippen molar-refractivity contribution in [2.24, 2.45) is 0 Å². The SMILES string of the molecule is CC[C@@H](C(=O)N(C)C[C@H]1OCCc2ccccc21)N1CCCC1=O. The summed E-state index contributed by atoms with van der Waals surface area (Å²) in [5.74, 6) is 0.113. The molecule has 5 nitrogen and oxygen atoms in total. The minimum absolute atomic E-state index is 0.0133. The Morgan fingerprint density at radius 1 is 1.38 bits per heavy atom. The van der Waals surface area contributed by atoms with E-state index in [-0.39, 0.29) is 24.0 Å². The Balaban J connectivity index is 1.69. The van der Waals surface area contributed by atoms with Gasteiger partial charge in [0.2, 0.25) is 11.8 Å². The number of carbonyl (C=O) groups is 2. The van der Waals surface area contributed by atoms with Crippen LogP contribution in [0.25, 0.3) is 0 Å². The highest BCUT2D eigenvalue weighted by Crippen LogP contribution is 2.28. The Morgan fingerprint density at radius 2 is 2.17 bits per heavy atom. The van der Waals surface area contributed by atoms with Gasteiger partial charge >= 0.3 is 0 Å². The molecule has 0 spiro atoms. The van der Waals surface area contributed by atoms with Gasteiger partial charge in [-0.1, -0.05) is 31.2 Å². The second-order valence-corrected chi connectivity index (χ2v) is 6.64. The second kappa shape index (κ2) is 7.34. The number of likely N-dealkylation sites (tertiary alicyclic amines) is 1. The van der Waals surface area contributed by atoms with Crippen molar-refractivity contribution < 1.29 is 14.3 Å². The Hall–Kier alpha value is -1.88. The standard InChI is InChI=1S/C19H26N2O3/c1-3-16(21-11-6-9-18(21)22)19(23)20(2)13-17-15-8-5-4-7-14(15)10-12-24-17/h4-5,7-8,16-17H,3,6,9-13H2,1-2H3/t16-,17+/m0/s1. The fraction of sp³-hybridized carbons (Fsp3) is 0.579. The Labute approximate surface area is 143 Å². The first-order chi connectivity index (χ1) is 11.6. The first-order valence-corrected chi connectivity index (χ1v) is 8.85. The van der Waals surface area contributed by atoms with Crippen molar-refractivity contribution in [3.63, 3.8) is 0 Å². The molecule has 2 atom stereocenters. The van der Waals surface area contributed by atoms with Gasteiger partial charge in [-0.3, -0.25) is 9.59 Å². The summed E-state index contributed by atoms with van der Waals surface area (Å²) in [5.41, 5.74) is 2.48. The lowest BCUT2D eigenvalue weighted by Crippen LogP contribution is -2.48. The molecular weight excluding hydrogens is 304 g/mol. The summed E-state index contributed by atoms with van der Waals surface area (Å²) in [7, 11) is 1.81. The highest BCUT2D eigenvalue weighted by molar-refractivity contribution is 5.88. The van der Waals surface area contributed by atoms with Crippen molar-refractivity contribution >= 4 is 11.8 Å². The summed E-state index contributed by atoms with van der Waals surface area (Å²) in [5, 5.41) is 0. The number of likely N-dealkylation sites (N-methyl/N-ethyl adjacent to an activating group) is 1. The number of hydrogen-bond acceptors (Lipinski definition) is 3. The van der Waals surface area contributed by atoms with E-state index in [0.29, 0.717) is 32.5 Å². The van der Waals surface area contributed by atoms with Crippen LogP contribution < -0.4 is 0 Å². The lowest BCUT2D eigenvalue weighted by atomic mass is 9.97. The van der Waals surface area contributed by atoms with Crippen molar-refractivity contribution in [1.82, 2.24) is 9.80 Å². The second-order valence-electron chi connectivity index (χ2n) is 6.64. The maximum absolute atomic E-state index is 12.9. The zero-order valence-corrected chi connectivity index (χ0v) is 14.5. The summed E-state index contributed by atoms with van der Waals surface area (Å²) in [4.78, 5) is 28.3. The predicted octanol–water partition coefficient (Wildman–Crippen LogP) is 2.16. The van der Waals surface area contributed by atoms with E-state index < -0.39 is 0 Å². The zero-order valence-electron chi connectivity index (χ0n) is 14.5. The average molecular weight is 330 g/mol. The molecule has 5 heteroatoms. The van der Waals surface area contributed by atoms with Crippen LogP contribution in [0, 0.1) is 0 Å². The van der Waals surface area contributed by atoms with E-state index in [9.17, 15) is 9.59 Å². The van der Waals surface area contributed by atoms with Crippen LogP contribution >= 0.6 is 0 Å². The lowest BCUT2D eigenvalue weighted by Gasteiger charge is -2.33. The molecule has 0 N–H and O–H groups in total. The summed E-state index contributed by atoms with van der Waals surface area (Å²) in [6.45, 7) is 3.87. The molecule has 0 saturated carbocycles. The third-order valence-corrected chi connectivity index (χ3v) is 5.07. The Bertz CT molecular complexity index is 616. The van der Waals surface area contributed by atoms with Gasteiger partial charge in [0, 0.05) is 20.0 Å². The molecule has 2 aliphatic heterocycles. The molecule has 0 aliphatic carbocycles. The van der Waals surface area contributed by atoms with Gasteiger partial charge in [-0.2, -0.15) is 0 Å². The molecular formula is C19H26N2O3. The first-order valence-electron chi connectivity index (χ1n) is 8.85. The van der Waals surface area contributed by atoms with Crippen molar-refractivity contribution in [3.05, 3.63) is 35.4 Å². The molecule has 1 fully saturated rings. The third-order valence-electron chi connectivity index (χ3n) is 5.07. The number of fused-ring (bicyclic) bond motifs is 1. The van der Waals surface area contributed by atoms with E-state index in [1.165, 1.54) is 11.1 Å². The molecule has 0 aromatic heterocycles. The number of hydrogen-bond donors (Lipinski definition) is 0. The fourth-order valence-corrected chi connectivity index (χ4v) is 3.75. The highest BCUT2D eigenvalue weighted by atomic mass is 16.5. The first kappa shape index (κ1) is 17.0. The van der Waals surface area contributed by atoms with Gasteiger partial charge in [-0.05, 0) is 30.4 Å². The van der Waals surface area contributed by atoms with Crippen LogP contribution in [0.5, 0.6) is 0 Å². The van der Waals surface area contributed by atoms with Gasteiger partial charge in [-0.15, -0.1) is 0 Å². The molecule has 1 aromatic carbocycles. The van der Waals surface area contributed by atoms with Gasteiger partial charge in [0.15, 0.2) is 0 Å². The molecule has 3 rings (SSSR count). The topological polar surface area (TPSA) is 49.9 Å². The minimum atomic E-state index is -0.344. The normalized spacial score (nSPS) is 21.5. The average Bonchev–Trinajstić information content (AvgIpc) is 3.02. The largest absolute Gasteiger partial charge is 0.371 e. The number of ether oxygens (including phenoxy) is 1. The molecule has 1 saturated heterocycles. The number of rotatable bonds is 5. The van der Waals surface area contributed by atoms with E-state index >= 15 is 0 Å². The van der Waals surface area contributed by atoms with Gasteiger partial charge in [0.05, 0.1) is 13.2 Å². The van der Waals surface area contributed by atoms with E-state index in [4.69, 9.17) is 4.74 Å². The van der Waals surface area contributed by atoms with Crippen LogP contribution in [0.3, 0.4) is 0 Å². The number of benzene rings is 1. The van der Waals surface area contributed by atoms with E-state index in [1.807, 2.05) is 26.1 Å². The number of carbonyl (C=O) groups excluding carboxylic acids is 2. The number of nitrogens with zero attached hydrogens (tertiary/aromatic N) is 2. The molecule has 2 heterocycles. The smallest absolute Gasteiger partial charge is 0.245 e. The van der Waals surface area contributed by atoms with Crippen LogP contribution in [-0.2, 0) is 20.7 Å². The molecule has 2 aliphatic rings. The quantitative estimate of drug-likeness (QED) is 0.831. The molecule has 2 amide bonds. The van der Waals surface area contributed by atoms with Crippen molar-refractivity contribution in [2.45, 2.75) is 44.8 Å².